The molecule has 1 spiro atoms. The predicted octanol–water partition coefficient (Wildman–Crippen LogP) is 2.39. The molecular formula is C20H27FN2O3. The zero-order valence-electron chi connectivity index (χ0n) is 15.5. The average Bonchev–Trinajstić information content (AvgIpc) is 2.77. The molecule has 2 aliphatic heterocycles. The Bertz CT molecular complexity index is 662. The number of carbonyl (C=O) groups is 2. The van der Waals surface area contributed by atoms with E-state index in [2.05, 4.69) is 0 Å². The number of likely N-dealkylation sites (tertiary alicyclic amines) is 1. The van der Waals surface area contributed by atoms with Crippen LogP contribution in [0.3, 0.4) is 0 Å². The van der Waals surface area contributed by atoms with E-state index in [1.165, 1.54) is 12.1 Å². The summed E-state index contributed by atoms with van der Waals surface area (Å²) in [5.74, 6) is -0.360. The topological polar surface area (TPSA) is 49.9 Å². The van der Waals surface area contributed by atoms with Crippen molar-refractivity contribution < 1.29 is 18.7 Å². The van der Waals surface area contributed by atoms with E-state index in [1.54, 1.807) is 17.0 Å². The van der Waals surface area contributed by atoms with Gasteiger partial charge in [0, 0.05) is 19.1 Å². The van der Waals surface area contributed by atoms with Crippen molar-refractivity contribution in [1.82, 2.24) is 9.80 Å². The second kappa shape index (κ2) is 7.74. The van der Waals surface area contributed by atoms with Crippen LogP contribution in [-0.2, 0) is 20.7 Å². The van der Waals surface area contributed by atoms with Crippen LogP contribution in [0.2, 0.25) is 0 Å². The van der Waals surface area contributed by atoms with Gasteiger partial charge in [0.25, 0.3) is 5.91 Å². The summed E-state index contributed by atoms with van der Waals surface area (Å²) in [6.45, 7) is 5.91. The van der Waals surface area contributed by atoms with E-state index in [9.17, 15) is 14.0 Å². The highest BCUT2D eigenvalue weighted by Crippen LogP contribution is 2.31. The van der Waals surface area contributed by atoms with E-state index in [1.807, 2.05) is 18.7 Å². The van der Waals surface area contributed by atoms with Gasteiger partial charge in [0.1, 0.15) is 5.82 Å². The van der Waals surface area contributed by atoms with Gasteiger partial charge in [-0.3, -0.25) is 9.59 Å². The minimum absolute atomic E-state index is 0.00396. The molecule has 1 aromatic carbocycles. The van der Waals surface area contributed by atoms with Crippen molar-refractivity contribution in [2.24, 2.45) is 0 Å². The minimum atomic E-state index is -0.919. The van der Waals surface area contributed by atoms with Crippen molar-refractivity contribution in [3.05, 3.63) is 35.6 Å². The summed E-state index contributed by atoms with van der Waals surface area (Å²) in [5, 5.41) is 0. The highest BCUT2D eigenvalue weighted by atomic mass is 19.1. The standard InChI is InChI=1S/C20H27FN2O3/c1-15(2)23-10-4-3-9-20(19(23)25)14-22(11-12-26-20)18(24)13-16-5-7-17(21)8-6-16/h5-8,15H,3-4,9-14H2,1-2H3. The third-order valence-electron chi connectivity index (χ3n) is 5.31. The van der Waals surface area contributed by atoms with E-state index in [-0.39, 0.29) is 30.1 Å². The molecule has 0 radical (unpaired) electrons. The Balaban J connectivity index is 1.73. The normalized spacial score (nSPS) is 24.2. The van der Waals surface area contributed by atoms with Crippen LogP contribution in [0.5, 0.6) is 0 Å². The molecule has 2 fully saturated rings. The Labute approximate surface area is 154 Å². The van der Waals surface area contributed by atoms with Gasteiger partial charge in [-0.15, -0.1) is 0 Å². The smallest absolute Gasteiger partial charge is 0.256 e. The first-order chi connectivity index (χ1) is 12.4. The van der Waals surface area contributed by atoms with Crippen LogP contribution < -0.4 is 0 Å². The molecule has 2 saturated heterocycles. The first kappa shape index (κ1) is 18.8. The summed E-state index contributed by atoms with van der Waals surface area (Å²) in [5.41, 5.74) is -0.148. The van der Waals surface area contributed by atoms with Crippen LogP contribution in [0, 0.1) is 5.82 Å². The Morgan fingerprint density at radius 1 is 1.23 bits per heavy atom. The number of carbonyl (C=O) groups excluding carboxylic acids is 2. The fourth-order valence-electron chi connectivity index (χ4n) is 3.82. The second-order valence-electron chi connectivity index (χ2n) is 7.51. The third kappa shape index (κ3) is 3.90. The molecule has 0 aliphatic carbocycles. The van der Waals surface area contributed by atoms with Crippen LogP contribution >= 0.6 is 0 Å². The van der Waals surface area contributed by atoms with Crippen LogP contribution in [0.15, 0.2) is 24.3 Å². The van der Waals surface area contributed by atoms with Gasteiger partial charge in [-0.25, -0.2) is 4.39 Å². The highest BCUT2D eigenvalue weighted by Gasteiger charge is 2.48. The molecular weight excluding hydrogens is 335 g/mol. The zero-order valence-corrected chi connectivity index (χ0v) is 15.5. The van der Waals surface area contributed by atoms with E-state index in [0.29, 0.717) is 26.1 Å². The molecule has 142 valence electrons. The van der Waals surface area contributed by atoms with E-state index < -0.39 is 5.60 Å². The molecule has 0 aromatic heterocycles. The van der Waals surface area contributed by atoms with Gasteiger partial charge in [-0.05, 0) is 50.8 Å². The Morgan fingerprint density at radius 3 is 2.65 bits per heavy atom. The van der Waals surface area contributed by atoms with E-state index in [0.717, 1.165) is 24.9 Å². The van der Waals surface area contributed by atoms with Gasteiger partial charge in [-0.1, -0.05) is 12.1 Å². The number of rotatable bonds is 3. The maximum atomic E-state index is 13.1. The molecule has 1 atom stereocenters. The number of ether oxygens (including phenoxy) is 1. The molecule has 2 aliphatic rings. The molecule has 2 heterocycles. The molecule has 0 saturated carbocycles. The number of morpholine rings is 1. The number of hydrogen-bond acceptors (Lipinski definition) is 3. The van der Waals surface area contributed by atoms with Crippen molar-refractivity contribution in [2.45, 2.75) is 51.2 Å². The maximum Gasteiger partial charge on any atom is 0.256 e. The number of benzene rings is 1. The second-order valence-corrected chi connectivity index (χ2v) is 7.51. The molecule has 2 amide bonds. The largest absolute Gasteiger partial charge is 0.361 e. The predicted molar refractivity (Wildman–Crippen MR) is 96.1 cm³/mol. The van der Waals surface area contributed by atoms with Gasteiger partial charge in [-0.2, -0.15) is 0 Å². The summed E-state index contributed by atoms with van der Waals surface area (Å²) < 4.78 is 19.0. The number of nitrogens with zero attached hydrogens (tertiary/aromatic N) is 2. The van der Waals surface area contributed by atoms with Gasteiger partial charge in [0.15, 0.2) is 5.60 Å². The van der Waals surface area contributed by atoms with Gasteiger partial charge in [0.2, 0.25) is 5.91 Å². The maximum absolute atomic E-state index is 13.1. The molecule has 5 nitrogen and oxygen atoms in total. The minimum Gasteiger partial charge on any atom is -0.361 e. The summed E-state index contributed by atoms with van der Waals surface area (Å²) in [6, 6.07) is 6.09. The highest BCUT2D eigenvalue weighted by molar-refractivity contribution is 5.87. The summed E-state index contributed by atoms with van der Waals surface area (Å²) in [4.78, 5) is 29.5. The van der Waals surface area contributed by atoms with Crippen molar-refractivity contribution in [2.75, 3.05) is 26.2 Å². The molecule has 6 heteroatoms. The molecule has 26 heavy (non-hydrogen) atoms. The number of amides is 2. The van der Waals surface area contributed by atoms with Crippen LogP contribution in [0.4, 0.5) is 4.39 Å². The molecule has 3 rings (SSSR count). The van der Waals surface area contributed by atoms with Gasteiger partial charge >= 0.3 is 0 Å². The Morgan fingerprint density at radius 2 is 1.96 bits per heavy atom. The fourth-order valence-corrected chi connectivity index (χ4v) is 3.82. The lowest BCUT2D eigenvalue weighted by atomic mass is 9.93. The third-order valence-corrected chi connectivity index (χ3v) is 5.31. The first-order valence-corrected chi connectivity index (χ1v) is 9.38. The van der Waals surface area contributed by atoms with E-state index in [4.69, 9.17) is 4.74 Å². The molecule has 0 bridgehead atoms. The lowest BCUT2D eigenvalue weighted by molar-refractivity contribution is -0.175. The first-order valence-electron chi connectivity index (χ1n) is 9.38. The average molecular weight is 362 g/mol. The lowest BCUT2D eigenvalue weighted by Crippen LogP contribution is -2.61. The zero-order chi connectivity index (χ0) is 18.7. The summed E-state index contributed by atoms with van der Waals surface area (Å²) in [7, 11) is 0. The Kier molecular flexibility index (Phi) is 5.61. The van der Waals surface area contributed by atoms with Crippen LogP contribution in [0.25, 0.3) is 0 Å². The van der Waals surface area contributed by atoms with E-state index >= 15 is 0 Å². The number of hydrogen-bond donors (Lipinski definition) is 0. The van der Waals surface area contributed by atoms with Crippen molar-refractivity contribution in [3.8, 4) is 0 Å². The summed E-state index contributed by atoms with van der Waals surface area (Å²) in [6.07, 6.45) is 2.72. The summed E-state index contributed by atoms with van der Waals surface area (Å²) >= 11 is 0. The van der Waals surface area contributed by atoms with Crippen LogP contribution in [-0.4, -0.2) is 59.5 Å². The molecule has 1 unspecified atom stereocenters. The number of halogens is 1. The van der Waals surface area contributed by atoms with Crippen molar-refractivity contribution in [1.29, 1.82) is 0 Å². The lowest BCUT2D eigenvalue weighted by Gasteiger charge is -2.43. The van der Waals surface area contributed by atoms with Crippen LogP contribution in [0.1, 0.15) is 38.7 Å². The Hall–Kier alpha value is -1.95. The SMILES string of the molecule is CC(C)N1CCCCC2(CN(C(=O)Cc3ccc(F)cc3)CCO2)C1=O. The van der Waals surface area contributed by atoms with Gasteiger partial charge < -0.3 is 14.5 Å². The van der Waals surface area contributed by atoms with Crippen molar-refractivity contribution >= 4 is 11.8 Å². The van der Waals surface area contributed by atoms with Crippen molar-refractivity contribution in [3.63, 3.8) is 0 Å². The molecule has 1 aromatic rings. The molecule has 0 N–H and O–H groups in total. The quantitative estimate of drug-likeness (QED) is 0.830. The van der Waals surface area contributed by atoms with Gasteiger partial charge in [0.05, 0.1) is 19.6 Å². The fraction of sp³-hybridized carbons (Fsp3) is 0.600. The monoisotopic (exact) mass is 362 g/mol.